The number of nitrogens with zero attached hydrogens (tertiary/aromatic N) is 2. The van der Waals surface area contributed by atoms with Gasteiger partial charge >= 0.3 is 0 Å². The number of carbonyl (C=O) groups excluding carboxylic acids is 11. The van der Waals surface area contributed by atoms with E-state index in [0.29, 0.717) is 17.5 Å². The number of carbonyl (C=O) groups is 11. The van der Waals surface area contributed by atoms with Crippen molar-refractivity contribution in [3.8, 4) is 5.75 Å². The normalized spacial score (nSPS) is 22.6. The largest absolute Gasteiger partial charge is 0.508 e. The number of hydrogen-bond acceptors (Lipinski definition) is 16. The number of primary amides is 3. The summed E-state index contributed by atoms with van der Waals surface area (Å²) in [6, 6.07) is 2.80. The highest BCUT2D eigenvalue weighted by molar-refractivity contribution is 8.76. The van der Waals surface area contributed by atoms with Crippen molar-refractivity contribution in [3.63, 3.8) is 0 Å². The molecule has 75 heavy (non-hydrogen) atoms. The second kappa shape index (κ2) is 29.9. The Kier molecular flexibility index (Phi) is 23.9. The van der Waals surface area contributed by atoms with Crippen molar-refractivity contribution in [1.29, 1.82) is 0 Å². The first-order valence-electron chi connectivity index (χ1n) is 23.7. The third-order valence-electron chi connectivity index (χ3n) is 11.6. The summed E-state index contributed by atoms with van der Waals surface area (Å²) >= 11 is 0. The Balaban J connectivity index is 1.71. The third-order valence-corrected chi connectivity index (χ3v) is 14.1. The average Bonchev–Trinajstić information content (AvgIpc) is 3.86. The summed E-state index contributed by atoms with van der Waals surface area (Å²) in [6.07, 6.45) is -1.38. The molecule has 11 amide bonds. The number of hydrogen-bond donors (Lipinski definition) is 14. The smallest absolute Gasteiger partial charge is 0.246 e. The quantitative estimate of drug-likeness (QED) is 0.0270. The first-order valence-corrected chi connectivity index (χ1v) is 26.2. The van der Waals surface area contributed by atoms with Crippen LogP contribution in [0.1, 0.15) is 56.1 Å². The van der Waals surface area contributed by atoms with Crippen molar-refractivity contribution >= 4 is 92.5 Å². The van der Waals surface area contributed by atoms with E-state index >= 15 is 0 Å². The molecule has 4 rings (SSSR count). The van der Waals surface area contributed by atoms with Crippen LogP contribution in [0, 0.1) is 0 Å². The summed E-state index contributed by atoms with van der Waals surface area (Å²) in [5.41, 5.74) is 34.4. The lowest BCUT2D eigenvalue weighted by molar-refractivity contribution is -0.142. The van der Waals surface area contributed by atoms with Gasteiger partial charge in [0.15, 0.2) is 5.96 Å². The minimum Gasteiger partial charge on any atom is -0.508 e. The monoisotopic (exact) mass is 1080 g/mol. The van der Waals surface area contributed by atoms with Crippen LogP contribution >= 0.6 is 21.6 Å². The van der Waals surface area contributed by atoms with Crippen molar-refractivity contribution in [2.75, 3.05) is 31.1 Å². The number of likely N-dealkylation sites (tertiary alicyclic amines) is 1. The molecule has 27 nitrogen and oxygen atoms in total. The molecule has 0 radical (unpaired) electrons. The number of amides is 11. The van der Waals surface area contributed by atoms with E-state index in [4.69, 9.17) is 34.4 Å². The lowest BCUT2D eigenvalue weighted by Gasteiger charge is -2.31. The van der Waals surface area contributed by atoms with Crippen LogP contribution in [0.5, 0.6) is 5.75 Å². The van der Waals surface area contributed by atoms with Crippen molar-refractivity contribution in [2.45, 2.75) is 106 Å². The summed E-state index contributed by atoms with van der Waals surface area (Å²) < 4.78 is 0. The molecule has 2 saturated heterocycles. The van der Waals surface area contributed by atoms with E-state index in [0.717, 1.165) is 21.6 Å². The predicted molar refractivity (Wildman–Crippen MR) is 276 cm³/mol. The van der Waals surface area contributed by atoms with E-state index in [9.17, 15) is 57.8 Å². The van der Waals surface area contributed by atoms with Crippen LogP contribution in [0.15, 0.2) is 59.6 Å². The number of nitrogens with two attached hydrogens (primary N) is 6. The maximum atomic E-state index is 14.6. The second-order valence-electron chi connectivity index (χ2n) is 17.6. The Morgan fingerprint density at radius 1 is 0.707 bits per heavy atom. The van der Waals surface area contributed by atoms with Gasteiger partial charge in [-0.05, 0) is 55.4 Å². The molecule has 2 aromatic carbocycles. The summed E-state index contributed by atoms with van der Waals surface area (Å²) in [5, 5.41) is 27.6. The highest BCUT2D eigenvalue weighted by Gasteiger charge is 2.40. The molecule has 408 valence electrons. The van der Waals surface area contributed by atoms with E-state index in [1.165, 1.54) is 29.2 Å². The highest BCUT2D eigenvalue weighted by atomic mass is 33.1. The predicted octanol–water partition coefficient (Wildman–Crippen LogP) is -5.40. The Bertz CT molecular complexity index is 2420. The fraction of sp³-hybridized carbons (Fsp3) is 0.478. The number of nitrogens with one attached hydrogen (secondary N) is 7. The zero-order valence-corrected chi connectivity index (χ0v) is 42.5. The van der Waals surface area contributed by atoms with Gasteiger partial charge < -0.3 is 81.6 Å². The van der Waals surface area contributed by atoms with Crippen LogP contribution in [0.3, 0.4) is 0 Å². The second-order valence-corrected chi connectivity index (χ2v) is 20.2. The van der Waals surface area contributed by atoms with E-state index in [1.54, 1.807) is 30.3 Å². The molecule has 0 bridgehead atoms. The molecular formula is C46H65N15O12S2. The first-order chi connectivity index (χ1) is 35.6. The molecule has 0 spiro atoms. The Labute approximate surface area is 439 Å². The van der Waals surface area contributed by atoms with Crippen LogP contribution in [0.4, 0.5) is 0 Å². The molecule has 3 unspecified atom stereocenters. The lowest BCUT2D eigenvalue weighted by atomic mass is 10.0. The van der Waals surface area contributed by atoms with E-state index in [1.807, 2.05) is 0 Å². The summed E-state index contributed by atoms with van der Waals surface area (Å²) in [6.45, 7) is -0.443. The van der Waals surface area contributed by atoms with Gasteiger partial charge in [-0.2, -0.15) is 0 Å². The van der Waals surface area contributed by atoms with Gasteiger partial charge in [0.2, 0.25) is 65.0 Å². The molecule has 2 aliphatic rings. The fourth-order valence-electron chi connectivity index (χ4n) is 7.80. The molecule has 8 atom stereocenters. The van der Waals surface area contributed by atoms with Crippen LogP contribution in [0.2, 0.25) is 0 Å². The maximum absolute atomic E-state index is 14.6. The highest BCUT2D eigenvalue weighted by Crippen LogP contribution is 2.26. The topological polar surface area (TPSA) is 464 Å². The minimum absolute atomic E-state index is 0.00106. The van der Waals surface area contributed by atoms with E-state index < -0.39 is 139 Å². The SMILES string of the molecule is NC(=O)CC[C@@H]1NC(=O)C(Cc2ccccc2)NC(=O)C(Cc2ccc(O)cc2)NC(=O)[C@@H](N)CSSC[C@@H](C(=O)N2CCC[C@H]2C(=O)N[C@@H](CCCN=C(N)N)C(=O)NCC(N)=O)NC(=O)C(CC(N)=O)NC1=O. The molecule has 29 heteroatoms. The van der Waals surface area contributed by atoms with Crippen LogP contribution < -0.4 is 71.6 Å². The van der Waals surface area contributed by atoms with Crippen molar-refractivity contribution < 1.29 is 57.8 Å². The van der Waals surface area contributed by atoms with Crippen LogP contribution in [-0.2, 0) is 65.6 Å². The zero-order chi connectivity index (χ0) is 55.2. The number of guanidine groups is 1. The standard InChI is InChI=1S/C46H65N15O12S2/c47-27-22-74-75-23-33(45(73)61-17-5-9-34(61)44(72)56-28(8-4-16-53-46(51)52)39(67)54-21-37(50)65)60-43(71)32(20-36(49)64)59-40(68)29(14-15-35(48)63)55-41(69)31(18-24-6-2-1-3-7-24)58-42(70)30(57-38(27)66)19-25-10-12-26(62)13-11-25/h1-3,6-7,10-13,27-34,62H,4-5,8-9,14-23,47H2,(H2,48,63)(H2,49,64)(H2,50,65)(H,54,67)(H,55,69)(H,56,72)(H,57,66)(H,58,70)(H,59,68)(H,60,71)(H4,51,52,53)/t27-,28-,29-,30?,31?,32?,33-,34-/m0/s1. The fourth-order valence-corrected chi connectivity index (χ4v) is 10.1. The van der Waals surface area contributed by atoms with Gasteiger partial charge in [0.1, 0.15) is 48.0 Å². The number of aliphatic imine (C=N–C) groups is 1. The summed E-state index contributed by atoms with van der Waals surface area (Å²) in [7, 11) is 1.99. The molecule has 2 aliphatic heterocycles. The number of aromatic hydroxyl groups is 1. The molecule has 0 saturated carbocycles. The van der Waals surface area contributed by atoms with Gasteiger partial charge in [-0.3, -0.25) is 57.7 Å². The molecule has 2 heterocycles. The number of phenols is 1. The Morgan fingerprint density at radius 2 is 1.28 bits per heavy atom. The Morgan fingerprint density at radius 3 is 1.89 bits per heavy atom. The minimum atomic E-state index is -1.80. The van der Waals surface area contributed by atoms with Crippen molar-refractivity contribution in [1.82, 2.24) is 42.1 Å². The third kappa shape index (κ3) is 20.3. The summed E-state index contributed by atoms with van der Waals surface area (Å²) in [5.74, 6) is -10.5. The number of phenolic OH excluding ortho intramolecular Hbond substituents is 1. The molecule has 2 aromatic rings. The van der Waals surface area contributed by atoms with Crippen LogP contribution in [0.25, 0.3) is 0 Å². The average molecular weight is 1080 g/mol. The van der Waals surface area contributed by atoms with E-state index in [-0.39, 0.29) is 68.4 Å². The number of rotatable bonds is 19. The van der Waals surface area contributed by atoms with Gasteiger partial charge in [-0.25, -0.2) is 0 Å². The maximum Gasteiger partial charge on any atom is 0.246 e. The van der Waals surface area contributed by atoms with Gasteiger partial charge in [-0.15, -0.1) is 0 Å². The molecule has 0 aromatic heterocycles. The van der Waals surface area contributed by atoms with Gasteiger partial charge in [0.05, 0.1) is 19.0 Å². The van der Waals surface area contributed by atoms with Gasteiger partial charge in [-0.1, -0.05) is 64.1 Å². The van der Waals surface area contributed by atoms with Gasteiger partial charge in [0, 0.05) is 43.9 Å². The van der Waals surface area contributed by atoms with Crippen molar-refractivity contribution in [3.05, 3.63) is 65.7 Å². The zero-order valence-electron chi connectivity index (χ0n) is 40.8. The van der Waals surface area contributed by atoms with E-state index in [2.05, 4.69) is 42.2 Å². The summed E-state index contributed by atoms with van der Waals surface area (Å²) in [4.78, 5) is 153. The molecule has 2 fully saturated rings. The van der Waals surface area contributed by atoms with Crippen molar-refractivity contribution in [2.24, 2.45) is 39.4 Å². The number of benzene rings is 2. The molecule has 0 aliphatic carbocycles. The molecular weight excluding hydrogens is 1020 g/mol. The lowest BCUT2D eigenvalue weighted by Crippen LogP contribution is -2.61. The molecule has 20 N–H and O–H groups in total. The van der Waals surface area contributed by atoms with Gasteiger partial charge in [0.25, 0.3) is 0 Å². The Hall–Kier alpha value is -7.66. The van der Waals surface area contributed by atoms with Crippen LogP contribution in [-0.4, -0.2) is 160 Å². The first kappa shape index (κ1) is 59.9.